The highest BCUT2D eigenvalue weighted by Crippen LogP contribution is 2.19. The fourth-order valence-corrected chi connectivity index (χ4v) is 2.16. The van der Waals surface area contributed by atoms with Gasteiger partial charge in [-0.2, -0.15) is 0 Å². The number of carbonyl (C=O) groups excluding carboxylic acids is 1. The van der Waals surface area contributed by atoms with Crippen LogP contribution in [0.1, 0.15) is 21.6 Å². The van der Waals surface area contributed by atoms with Crippen LogP contribution in [0.2, 0.25) is 0 Å². The Morgan fingerprint density at radius 1 is 1.19 bits per heavy atom. The van der Waals surface area contributed by atoms with E-state index in [1.54, 1.807) is 41.1 Å². The Morgan fingerprint density at radius 3 is 2.76 bits per heavy atom. The second kappa shape index (κ2) is 5.01. The van der Waals surface area contributed by atoms with Gasteiger partial charge in [0.05, 0.1) is 6.20 Å². The van der Waals surface area contributed by atoms with Gasteiger partial charge in [0.1, 0.15) is 5.69 Å². The molecule has 0 aliphatic rings. The summed E-state index contributed by atoms with van der Waals surface area (Å²) in [5.74, 6) is -0.145. The summed E-state index contributed by atoms with van der Waals surface area (Å²) < 4.78 is 1.79. The first kappa shape index (κ1) is 13.3. The Morgan fingerprint density at radius 2 is 2.00 bits per heavy atom. The van der Waals surface area contributed by atoms with E-state index in [0.29, 0.717) is 5.69 Å². The van der Waals surface area contributed by atoms with Crippen molar-refractivity contribution in [2.24, 2.45) is 0 Å². The minimum Gasteiger partial charge on any atom is -0.310 e. The topological polar surface area (TPSA) is 50.5 Å². The summed E-state index contributed by atoms with van der Waals surface area (Å²) in [5, 5.41) is 0. The Balaban J connectivity index is 1.94. The van der Waals surface area contributed by atoms with E-state index in [-0.39, 0.29) is 5.91 Å². The third-order valence-corrected chi connectivity index (χ3v) is 3.68. The van der Waals surface area contributed by atoms with Crippen molar-refractivity contribution in [1.29, 1.82) is 0 Å². The standard InChI is InChI=1S/C16H16N4O/c1-11-4-5-13(8-12(11)2)19(3)16(21)14-10-20-7-6-17-15(20)9-18-14/h4-10H,1-3H3. The minimum absolute atomic E-state index is 0.145. The van der Waals surface area contributed by atoms with Crippen LogP contribution >= 0.6 is 0 Å². The maximum atomic E-state index is 12.5. The lowest BCUT2D eigenvalue weighted by atomic mass is 10.1. The number of anilines is 1. The van der Waals surface area contributed by atoms with Gasteiger partial charge in [-0.25, -0.2) is 9.97 Å². The largest absolute Gasteiger partial charge is 0.310 e. The number of amides is 1. The molecule has 0 radical (unpaired) electrons. The second-order valence-electron chi connectivity index (χ2n) is 5.10. The monoisotopic (exact) mass is 280 g/mol. The molecule has 3 aromatic rings. The number of fused-ring (bicyclic) bond motifs is 1. The summed E-state index contributed by atoms with van der Waals surface area (Å²) in [6.45, 7) is 4.09. The molecule has 0 spiro atoms. The number of aryl methyl sites for hydroxylation is 2. The van der Waals surface area contributed by atoms with Crippen molar-refractivity contribution in [2.45, 2.75) is 13.8 Å². The van der Waals surface area contributed by atoms with Crippen molar-refractivity contribution in [3.63, 3.8) is 0 Å². The molecule has 0 atom stereocenters. The fourth-order valence-electron chi connectivity index (χ4n) is 2.16. The Kier molecular flexibility index (Phi) is 3.17. The van der Waals surface area contributed by atoms with Gasteiger partial charge in [-0.1, -0.05) is 6.07 Å². The number of rotatable bonds is 2. The van der Waals surface area contributed by atoms with E-state index in [1.807, 2.05) is 25.1 Å². The Hall–Kier alpha value is -2.69. The highest BCUT2D eigenvalue weighted by molar-refractivity contribution is 6.04. The fraction of sp³-hybridized carbons (Fsp3) is 0.188. The summed E-state index contributed by atoms with van der Waals surface area (Å²) in [7, 11) is 1.76. The molecule has 0 unspecified atom stereocenters. The molecule has 0 N–H and O–H groups in total. The number of carbonyl (C=O) groups is 1. The van der Waals surface area contributed by atoms with Crippen LogP contribution in [0.3, 0.4) is 0 Å². The van der Waals surface area contributed by atoms with Gasteiger partial charge in [-0.3, -0.25) is 4.79 Å². The average Bonchev–Trinajstić information content (AvgIpc) is 2.96. The second-order valence-corrected chi connectivity index (χ2v) is 5.10. The van der Waals surface area contributed by atoms with Crippen LogP contribution in [-0.4, -0.2) is 27.3 Å². The number of nitrogens with zero attached hydrogens (tertiary/aromatic N) is 4. The predicted molar refractivity (Wildman–Crippen MR) is 81.6 cm³/mol. The van der Waals surface area contributed by atoms with Gasteiger partial charge in [0.25, 0.3) is 5.91 Å². The van der Waals surface area contributed by atoms with Crippen molar-refractivity contribution in [1.82, 2.24) is 14.4 Å². The SMILES string of the molecule is Cc1ccc(N(C)C(=O)c2cn3ccnc3cn2)cc1C. The lowest BCUT2D eigenvalue weighted by molar-refractivity contribution is 0.0988. The van der Waals surface area contributed by atoms with Gasteiger partial charge in [0.15, 0.2) is 5.65 Å². The lowest BCUT2D eigenvalue weighted by Crippen LogP contribution is -2.27. The van der Waals surface area contributed by atoms with Crippen LogP contribution in [0.4, 0.5) is 5.69 Å². The highest BCUT2D eigenvalue weighted by atomic mass is 16.2. The molecule has 0 aliphatic carbocycles. The molecule has 0 fully saturated rings. The van der Waals surface area contributed by atoms with Crippen molar-refractivity contribution < 1.29 is 4.79 Å². The number of imidazole rings is 1. The number of hydrogen-bond acceptors (Lipinski definition) is 3. The number of aromatic nitrogens is 3. The quantitative estimate of drug-likeness (QED) is 0.725. The van der Waals surface area contributed by atoms with Gasteiger partial charge in [-0.15, -0.1) is 0 Å². The molecule has 2 aromatic heterocycles. The summed E-state index contributed by atoms with van der Waals surface area (Å²) in [4.78, 5) is 22.5. The van der Waals surface area contributed by atoms with Crippen molar-refractivity contribution in [3.05, 3.63) is 59.8 Å². The first-order chi connectivity index (χ1) is 10.1. The van der Waals surface area contributed by atoms with E-state index in [0.717, 1.165) is 16.9 Å². The van der Waals surface area contributed by atoms with Gasteiger partial charge in [0, 0.05) is 31.3 Å². The lowest BCUT2D eigenvalue weighted by Gasteiger charge is -2.18. The van der Waals surface area contributed by atoms with E-state index >= 15 is 0 Å². The third-order valence-electron chi connectivity index (χ3n) is 3.68. The highest BCUT2D eigenvalue weighted by Gasteiger charge is 2.16. The van der Waals surface area contributed by atoms with Crippen LogP contribution in [-0.2, 0) is 0 Å². The molecule has 1 aromatic carbocycles. The van der Waals surface area contributed by atoms with E-state index in [1.165, 1.54) is 5.56 Å². The van der Waals surface area contributed by atoms with Crippen molar-refractivity contribution >= 4 is 17.2 Å². The van der Waals surface area contributed by atoms with E-state index in [2.05, 4.69) is 16.9 Å². The average molecular weight is 280 g/mol. The summed E-state index contributed by atoms with van der Waals surface area (Å²) in [6, 6.07) is 5.96. The van der Waals surface area contributed by atoms with E-state index in [4.69, 9.17) is 0 Å². The van der Waals surface area contributed by atoms with Crippen LogP contribution in [0.25, 0.3) is 5.65 Å². The van der Waals surface area contributed by atoms with Gasteiger partial charge < -0.3 is 9.30 Å². The van der Waals surface area contributed by atoms with Crippen molar-refractivity contribution in [3.8, 4) is 0 Å². The van der Waals surface area contributed by atoms with Gasteiger partial charge in [0.2, 0.25) is 0 Å². The first-order valence-electron chi connectivity index (χ1n) is 6.70. The smallest absolute Gasteiger partial charge is 0.278 e. The van der Waals surface area contributed by atoms with Gasteiger partial charge in [-0.05, 0) is 37.1 Å². The molecule has 1 amide bonds. The van der Waals surface area contributed by atoms with Crippen LogP contribution in [0, 0.1) is 13.8 Å². The zero-order valence-corrected chi connectivity index (χ0v) is 12.2. The number of hydrogen-bond donors (Lipinski definition) is 0. The summed E-state index contributed by atoms with van der Waals surface area (Å²) in [5.41, 5.74) is 4.33. The normalized spacial score (nSPS) is 10.8. The molecule has 0 saturated carbocycles. The van der Waals surface area contributed by atoms with Crippen molar-refractivity contribution in [2.75, 3.05) is 11.9 Å². The van der Waals surface area contributed by atoms with Gasteiger partial charge >= 0.3 is 0 Å². The maximum absolute atomic E-state index is 12.5. The zero-order valence-electron chi connectivity index (χ0n) is 12.2. The number of benzene rings is 1. The molecule has 106 valence electrons. The van der Waals surface area contributed by atoms with Crippen LogP contribution in [0.5, 0.6) is 0 Å². The van der Waals surface area contributed by atoms with E-state index < -0.39 is 0 Å². The molecule has 5 heteroatoms. The molecule has 0 aliphatic heterocycles. The maximum Gasteiger partial charge on any atom is 0.278 e. The molecular formula is C16H16N4O. The molecule has 3 rings (SSSR count). The molecule has 5 nitrogen and oxygen atoms in total. The molecular weight excluding hydrogens is 264 g/mol. The minimum atomic E-state index is -0.145. The Labute approximate surface area is 122 Å². The zero-order chi connectivity index (χ0) is 15.0. The molecule has 21 heavy (non-hydrogen) atoms. The molecule has 0 saturated heterocycles. The van der Waals surface area contributed by atoms with E-state index in [9.17, 15) is 4.79 Å². The molecule has 0 bridgehead atoms. The first-order valence-corrected chi connectivity index (χ1v) is 6.70. The predicted octanol–water partition coefficient (Wildman–Crippen LogP) is 2.62. The summed E-state index contributed by atoms with van der Waals surface area (Å²) in [6.07, 6.45) is 6.77. The summed E-state index contributed by atoms with van der Waals surface area (Å²) >= 11 is 0. The third kappa shape index (κ3) is 2.38. The van der Waals surface area contributed by atoms with Crippen LogP contribution < -0.4 is 4.90 Å². The van der Waals surface area contributed by atoms with Crippen LogP contribution in [0.15, 0.2) is 43.0 Å². The molecule has 2 heterocycles. The Bertz CT molecular complexity index is 822.